The number of nitrogens with one attached hydrogen (secondary N) is 2. The van der Waals surface area contributed by atoms with Gasteiger partial charge in [0.25, 0.3) is 5.91 Å². The van der Waals surface area contributed by atoms with E-state index in [4.69, 9.17) is 0 Å². The van der Waals surface area contributed by atoms with Crippen LogP contribution in [0.2, 0.25) is 0 Å². The zero-order valence-corrected chi connectivity index (χ0v) is 18.9. The summed E-state index contributed by atoms with van der Waals surface area (Å²) in [7, 11) is 0. The molecule has 8 heteroatoms. The highest BCUT2D eigenvalue weighted by molar-refractivity contribution is 6.01. The zero-order valence-electron chi connectivity index (χ0n) is 18.9. The topological polar surface area (TPSA) is 116 Å². The monoisotopic (exact) mass is 443 g/mol. The van der Waals surface area contributed by atoms with Crippen molar-refractivity contribution in [3.8, 4) is 0 Å². The molecule has 1 saturated carbocycles. The summed E-state index contributed by atoms with van der Waals surface area (Å²) in [4.78, 5) is 51.3. The lowest BCUT2D eigenvalue weighted by molar-refractivity contribution is -0.142. The molecule has 3 rings (SSSR count). The summed E-state index contributed by atoms with van der Waals surface area (Å²) in [6.45, 7) is 4.44. The van der Waals surface area contributed by atoms with Gasteiger partial charge in [0.1, 0.15) is 6.04 Å². The number of carboxylic acids is 1. The number of amides is 3. The van der Waals surface area contributed by atoms with Gasteiger partial charge in [-0.15, -0.1) is 0 Å². The first-order chi connectivity index (χ1) is 15.3. The molecule has 32 heavy (non-hydrogen) atoms. The van der Waals surface area contributed by atoms with Crippen LogP contribution in [-0.2, 0) is 20.8 Å². The Morgan fingerprint density at radius 2 is 1.97 bits per heavy atom. The molecule has 0 aromatic heterocycles. The molecule has 8 nitrogen and oxygen atoms in total. The predicted molar refractivity (Wildman–Crippen MR) is 120 cm³/mol. The van der Waals surface area contributed by atoms with Crippen molar-refractivity contribution >= 4 is 29.4 Å². The third kappa shape index (κ3) is 5.29. The van der Waals surface area contributed by atoms with Gasteiger partial charge >= 0.3 is 5.97 Å². The highest BCUT2D eigenvalue weighted by Gasteiger charge is 2.35. The number of rotatable bonds is 9. The number of hydrogen-bond acceptors (Lipinski definition) is 4. The van der Waals surface area contributed by atoms with Crippen LogP contribution in [0.25, 0.3) is 0 Å². The van der Waals surface area contributed by atoms with Crippen molar-refractivity contribution in [1.82, 2.24) is 10.6 Å². The maximum atomic E-state index is 13.0. The van der Waals surface area contributed by atoms with E-state index in [0.29, 0.717) is 44.2 Å². The Balaban J connectivity index is 1.73. The molecule has 3 amide bonds. The van der Waals surface area contributed by atoms with Crippen molar-refractivity contribution in [2.45, 2.75) is 77.3 Å². The summed E-state index contributed by atoms with van der Waals surface area (Å²) < 4.78 is 0. The van der Waals surface area contributed by atoms with Gasteiger partial charge in [0.05, 0.1) is 5.92 Å². The molecule has 174 valence electrons. The van der Waals surface area contributed by atoms with Gasteiger partial charge in [0, 0.05) is 30.3 Å². The van der Waals surface area contributed by atoms with E-state index in [1.54, 1.807) is 17.0 Å². The van der Waals surface area contributed by atoms with Crippen LogP contribution < -0.4 is 15.5 Å². The van der Waals surface area contributed by atoms with Gasteiger partial charge in [-0.3, -0.25) is 19.2 Å². The first-order valence-corrected chi connectivity index (χ1v) is 11.6. The molecule has 3 atom stereocenters. The minimum absolute atomic E-state index is 0.0438. The molecule has 1 aromatic rings. The van der Waals surface area contributed by atoms with Gasteiger partial charge < -0.3 is 20.6 Å². The number of carbonyl (C=O) groups is 4. The summed E-state index contributed by atoms with van der Waals surface area (Å²) in [5, 5.41) is 15.1. The lowest BCUT2D eigenvalue weighted by atomic mass is 9.98. The van der Waals surface area contributed by atoms with Crippen LogP contribution >= 0.6 is 0 Å². The van der Waals surface area contributed by atoms with Crippen LogP contribution in [0.3, 0.4) is 0 Å². The number of fused-ring (bicyclic) bond motifs is 1. The van der Waals surface area contributed by atoms with E-state index in [9.17, 15) is 24.3 Å². The molecule has 3 N–H and O–H groups in total. The van der Waals surface area contributed by atoms with E-state index in [1.165, 1.54) is 0 Å². The lowest BCUT2D eigenvalue weighted by Crippen LogP contribution is -2.51. The minimum Gasteiger partial charge on any atom is -0.481 e. The fourth-order valence-corrected chi connectivity index (χ4v) is 4.66. The van der Waals surface area contributed by atoms with Crippen LogP contribution in [0, 0.1) is 5.92 Å². The Bertz CT molecular complexity index is 884. The Morgan fingerprint density at radius 3 is 2.66 bits per heavy atom. The number of aliphatic carboxylic acids is 1. The third-order valence-electron chi connectivity index (χ3n) is 6.49. The zero-order chi connectivity index (χ0) is 23.3. The second-order valence-corrected chi connectivity index (χ2v) is 8.64. The molecule has 1 fully saturated rings. The number of carboxylic acid groups (broad SMARTS) is 1. The van der Waals surface area contributed by atoms with Gasteiger partial charge in [0.15, 0.2) is 0 Å². The highest BCUT2D eigenvalue weighted by atomic mass is 16.4. The van der Waals surface area contributed by atoms with E-state index >= 15 is 0 Å². The molecule has 0 unspecified atom stereocenters. The number of nitrogens with zero attached hydrogens (tertiary/aromatic N) is 1. The molecule has 0 radical (unpaired) electrons. The molecule has 0 bridgehead atoms. The molecule has 1 aromatic carbocycles. The summed E-state index contributed by atoms with van der Waals surface area (Å²) in [6, 6.07) is 4.17. The average molecular weight is 444 g/mol. The summed E-state index contributed by atoms with van der Waals surface area (Å²) >= 11 is 0. The van der Waals surface area contributed by atoms with Gasteiger partial charge in [0.2, 0.25) is 11.8 Å². The Kier molecular flexibility index (Phi) is 7.88. The normalized spacial score (nSPS) is 21.1. The van der Waals surface area contributed by atoms with Gasteiger partial charge in [-0.05, 0) is 50.3 Å². The second kappa shape index (κ2) is 10.6. The van der Waals surface area contributed by atoms with Crippen molar-refractivity contribution in [2.75, 3.05) is 11.4 Å². The molecule has 1 aliphatic carbocycles. The van der Waals surface area contributed by atoms with E-state index in [1.807, 2.05) is 19.9 Å². The SMILES string of the molecule is CCCC[C@H](NC(=O)c1ccc2c(c1)N(CC)C(=O)CC2)C(=O)N[C@H]1CCC[C@H]1C(=O)O. The molecule has 0 saturated heterocycles. The van der Waals surface area contributed by atoms with E-state index in [-0.39, 0.29) is 17.7 Å². The summed E-state index contributed by atoms with van der Waals surface area (Å²) in [5.41, 5.74) is 2.18. The van der Waals surface area contributed by atoms with E-state index in [0.717, 1.165) is 30.5 Å². The maximum absolute atomic E-state index is 13.0. The van der Waals surface area contributed by atoms with Crippen molar-refractivity contribution in [1.29, 1.82) is 0 Å². The smallest absolute Gasteiger partial charge is 0.308 e. The van der Waals surface area contributed by atoms with Crippen molar-refractivity contribution in [3.63, 3.8) is 0 Å². The summed E-state index contributed by atoms with van der Waals surface area (Å²) in [5.74, 6) is -2.15. The number of benzene rings is 1. The van der Waals surface area contributed by atoms with Gasteiger partial charge in [-0.1, -0.05) is 32.3 Å². The number of aryl methyl sites for hydroxylation is 1. The molecular weight excluding hydrogens is 410 g/mol. The molecule has 1 heterocycles. The number of carbonyl (C=O) groups excluding carboxylic acids is 3. The fourth-order valence-electron chi connectivity index (χ4n) is 4.66. The maximum Gasteiger partial charge on any atom is 0.308 e. The number of hydrogen-bond donors (Lipinski definition) is 3. The molecule has 0 spiro atoms. The standard InChI is InChI=1S/C24H33N3O5/c1-3-5-8-19(23(30)25-18-9-6-7-17(18)24(31)32)26-22(29)16-11-10-15-12-13-21(28)27(4-2)20(15)14-16/h10-11,14,17-19H,3-9,12-13H2,1-2H3,(H,25,30)(H,26,29)(H,31,32)/t17-,18+,19+/m1/s1. The lowest BCUT2D eigenvalue weighted by Gasteiger charge is -2.29. The molecule has 1 aliphatic heterocycles. The van der Waals surface area contributed by atoms with Crippen LogP contribution in [0.4, 0.5) is 5.69 Å². The van der Waals surface area contributed by atoms with Crippen LogP contribution in [0.5, 0.6) is 0 Å². The highest BCUT2D eigenvalue weighted by Crippen LogP contribution is 2.29. The Morgan fingerprint density at radius 1 is 1.19 bits per heavy atom. The van der Waals surface area contributed by atoms with Crippen LogP contribution in [-0.4, -0.2) is 47.4 Å². The average Bonchev–Trinajstić information content (AvgIpc) is 3.24. The van der Waals surface area contributed by atoms with Crippen molar-refractivity contribution < 1.29 is 24.3 Å². The van der Waals surface area contributed by atoms with E-state index in [2.05, 4.69) is 10.6 Å². The number of unbranched alkanes of at least 4 members (excludes halogenated alkanes) is 1. The molecule has 2 aliphatic rings. The van der Waals surface area contributed by atoms with Gasteiger partial charge in [-0.2, -0.15) is 0 Å². The predicted octanol–water partition coefficient (Wildman–Crippen LogP) is 2.64. The van der Waals surface area contributed by atoms with Crippen molar-refractivity contribution in [2.24, 2.45) is 5.92 Å². The largest absolute Gasteiger partial charge is 0.481 e. The first-order valence-electron chi connectivity index (χ1n) is 11.6. The Hall–Kier alpha value is -2.90. The van der Waals surface area contributed by atoms with E-state index < -0.39 is 24.0 Å². The minimum atomic E-state index is -0.897. The first kappa shape index (κ1) is 23.8. The molecular formula is C24H33N3O5. The quantitative estimate of drug-likeness (QED) is 0.543. The second-order valence-electron chi connectivity index (χ2n) is 8.64. The van der Waals surface area contributed by atoms with Crippen LogP contribution in [0.1, 0.15) is 74.7 Å². The summed E-state index contributed by atoms with van der Waals surface area (Å²) in [6.07, 6.45) is 5.15. The van der Waals surface area contributed by atoms with Crippen LogP contribution in [0.15, 0.2) is 18.2 Å². The number of anilines is 1. The van der Waals surface area contributed by atoms with Gasteiger partial charge in [-0.25, -0.2) is 0 Å². The fraction of sp³-hybridized carbons (Fsp3) is 0.583. The Labute approximate surface area is 188 Å². The third-order valence-corrected chi connectivity index (χ3v) is 6.49. The van der Waals surface area contributed by atoms with Crippen molar-refractivity contribution in [3.05, 3.63) is 29.3 Å².